The van der Waals surface area contributed by atoms with E-state index >= 15 is 0 Å². The number of thiophene rings is 1. The number of imidazole rings is 1. The highest BCUT2D eigenvalue weighted by Crippen LogP contribution is 2.38. The molecule has 0 radical (unpaired) electrons. The molecule has 31 heavy (non-hydrogen) atoms. The lowest BCUT2D eigenvalue weighted by molar-refractivity contribution is 0.122. The van der Waals surface area contributed by atoms with E-state index in [2.05, 4.69) is 47.6 Å². The molecule has 9 heteroatoms. The quantitative estimate of drug-likeness (QED) is 0.337. The van der Waals surface area contributed by atoms with Gasteiger partial charge in [0.2, 0.25) is 5.06 Å². The molecule has 0 spiro atoms. The molecule has 1 N–H and O–H groups in total. The van der Waals surface area contributed by atoms with Crippen LogP contribution < -0.4 is 10.1 Å². The van der Waals surface area contributed by atoms with Crippen molar-refractivity contribution in [3.8, 4) is 27.5 Å². The number of thiazole rings is 1. The van der Waals surface area contributed by atoms with Gasteiger partial charge in [-0.05, 0) is 56.9 Å². The number of carbonyl (C=O) groups is 1. The average Bonchev–Trinajstić information content (AvgIpc) is 3.42. The largest absolute Gasteiger partial charge is 0.514 e. The number of ether oxygens (including phenoxy) is 2. The van der Waals surface area contributed by atoms with Crippen LogP contribution in [0, 0.1) is 11.8 Å². The van der Waals surface area contributed by atoms with E-state index in [-0.39, 0.29) is 5.54 Å². The Balaban J connectivity index is 1.70. The Morgan fingerprint density at radius 3 is 2.71 bits per heavy atom. The van der Waals surface area contributed by atoms with Crippen LogP contribution in [0.3, 0.4) is 0 Å². The molecule has 0 unspecified atom stereocenters. The maximum absolute atomic E-state index is 11.5. The van der Waals surface area contributed by atoms with Crippen LogP contribution in [0.15, 0.2) is 42.7 Å². The van der Waals surface area contributed by atoms with E-state index < -0.39 is 6.16 Å². The van der Waals surface area contributed by atoms with Crippen LogP contribution in [0.5, 0.6) is 5.06 Å². The van der Waals surface area contributed by atoms with Crippen LogP contribution in [0.2, 0.25) is 0 Å². The van der Waals surface area contributed by atoms with E-state index in [9.17, 15) is 4.79 Å². The summed E-state index contributed by atoms with van der Waals surface area (Å²) in [6.07, 6.45) is 2.70. The Hall–Kier alpha value is -3.35. The second kappa shape index (κ2) is 8.41. The Morgan fingerprint density at radius 1 is 1.16 bits per heavy atom. The number of fused-ring (bicyclic) bond motifs is 1. The standard InChI is InChI=1S/C22H20N4O3S2/c1-22(2,3)25-19-18(24-20-26(19)13-17(31-20)29-21(27)28-4)16-11-10-15(30-16)9-8-14-7-5-6-12-23-14/h5-7,10-13,25H,1-4H3. The zero-order valence-corrected chi connectivity index (χ0v) is 19.1. The fourth-order valence-electron chi connectivity index (χ4n) is 2.74. The predicted octanol–water partition coefficient (Wildman–Crippen LogP) is 5.27. The third-order valence-corrected chi connectivity index (χ3v) is 5.84. The van der Waals surface area contributed by atoms with Gasteiger partial charge in [-0.2, -0.15) is 0 Å². The van der Waals surface area contributed by atoms with E-state index in [1.54, 1.807) is 23.7 Å². The lowest BCUT2D eigenvalue weighted by Crippen LogP contribution is -2.27. The van der Waals surface area contributed by atoms with Gasteiger partial charge in [0, 0.05) is 11.7 Å². The van der Waals surface area contributed by atoms with Gasteiger partial charge in [-0.1, -0.05) is 17.4 Å². The molecule has 0 bridgehead atoms. The van der Waals surface area contributed by atoms with E-state index in [0.29, 0.717) is 10.0 Å². The van der Waals surface area contributed by atoms with Crippen LogP contribution in [0.4, 0.5) is 10.6 Å². The van der Waals surface area contributed by atoms with E-state index in [1.165, 1.54) is 18.4 Å². The first-order valence-electron chi connectivity index (χ1n) is 9.41. The van der Waals surface area contributed by atoms with Crippen molar-refractivity contribution < 1.29 is 14.3 Å². The van der Waals surface area contributed by atoms with Crippen molar-refractivity contribution in [3.05, 3.63) is 53.3 Å². The molecule has 4 heterocycles. The van der Waals surface area contributed by atoms with Crippen LogP contribution in [-0.2, 0) is 4.74 Å². The van der Waals surface area contributed by atoms with E-state index in [1.807, 2.05) is 34.7 Å². The van der Waals surface area contributed by atoms with Gasteiger partial charge in [0.25, 0.3) is 0 Å². The average molecular weight is 453 g/mol. The Morgan fingerprint density at radius 2 is 2.00 bits per heavy atom. The van der Waals surface area contributed by atoms with Crippen LogP contribution >= 0.6 is 22.7 Å². The second-order valence-electron chi connectivity index (χ2n) is 7.57. The fraction of sp³-hybridized carbons (Fsp3) is 0.227. The molecule has 0 fully saturated rings. The molecule has 0 aromatic carbocycles. The molecular weight excluding hydrogens is 432 g/mol. The number of nitrogens with one attached hydrogen (secondary N) is 1. The minimum atomic E-state index is -0.760. The van der Waals surface area contributed by atoms with Gasteiger partial charge in [-0.25, -0.2) is 14.8 Å². The second-order valence-corrected chi connectivity index (χ2v) is 9.63. The zero-order chi connectivity index (χ0) is 22.0. The number of rotatable bonds is 3. The number of carbonyl (C=O) groups excluding carboxylic acids is 1. The molecule has 0 amide bonds. The van der Waals surface area contributed by atoms with E-state index in [4.69, 9.17) is 9.72 Å². The highest BCUT2D eigenvalue weighted by Gasteiger charge is 2.23. The van der Waals surface area contributed by atoms with Gasteiger partial charge < -0.3 is 14.8 Å². The lowest BCUT2D eigenvalue weighted by atomic mass is 10.1. The number of anilines is 1. The molecular formula is C22H20N4O3S2. The maximum atomic E-state index is 11.5. The van der Waals surface area contributed by atoms with Crippen molar-refractivity contribution in [1.82, 2.24) is 14.4 Å². The first-order valence-corrected chi connectivity index (χ1v) is 11.0. The van der Waals surface area contributed by atoms with Gasteiger partial charge in [0.15, 0.2) is 4.96 Å². The summed E-state index contributed by atoms with van der Waals surface area (Å²) in [4.78, 5) is 23.1. The highest BCUT2D eigenvalue weighted by atomic mass is 32.1. The number of pyridine rings is 1. The maximum Gasteiger partial charge on any atom is 0.514 e. The van der Waals surface area contributed by atoms with Gasteiger partial charge in [0.05, 0.1) is 23.1 Å². The number of methoxy groups -OCH3 is 1. The van der Waals surface area contributed by atoms with Crippen molar-refractivity contribution in [2.45, 2.75) is 26.3 Å². The Bertz CT molecular complexity index is 1290. The van der Waals surface area contributed by atoms with Crippen molar-refractivity contribution in [3.63, 3.8) is 0 Å². The molecule has 4 aromatic rings. The highest BCUT2D eigenvalue weighted by molar-refractivity contribution is 7.19. The Labute approximate surface area is 187 Å². The zero-order valence-electron chi connectivity index (χ0n) is 17.4. The Kier molecular flexibility index (Phi) is 5.67. The third kappa shape index (κ3) is 4.87. The molecule has 4 aromatic heterocycles. The molecule has 0 saturated carbocycles. The number of hydrogen-bond acceptors (Lipinski definition) is 8. The topological polar surface area (TPSA) is 77.8 Å². The summed E-state index contributed by atoms with van der Waals surface area (Å²) in [5.74, 6) is 7.07. The summed E-state index contributed by atoms with van der Waals surface area (Å²) >= 11 is 2.83. The van der Waals surface area contributed by atoms with Crippen molar-refractivity contribution in [2.24, 2.45) is 0 Å². The molecule has 4 rings (SSSR count). The molecule has 0 atom stereocenters. The fourth-order valence-corrected chi connectivity index (χ4v) is 4.41. The number of aromatic nitrogens is 3. The lowest BCUT2D eigenvalue weighted by Gasteiger charge is -2.22. The van der Waals surface area contributed by atoms with Crippen molar-refractivity contribution in [1.29, 1.82) is 0 Å². The SMILES string of the molecule is COC(=O)Oc1cn2c(NC(C)(C)C)c(-c3ccc(C#Cc4ccccn4)s3)nc2s1. The van der Waals surface area contributed by atoms with Gasteiger partial charge >= 0.3 is 6.16 Å². The predicted molar refractivity (Wildman–Crippen MR) is 123 cm³/mol. The first-order chi connectivity index (χ1) is 14.8. The van der Waals surface area contributed by atoms with Crippen LogP contribution in [0.25, 0.3) is 15.5 Å². The third-order valence-electron chi connectivity index (χ3n) is 3.97. The molecule has 0 aliphatic rings. The molecule has 0 saturated heterocycles. The minimum Gasteiger partial charge on any atom is -0.437 e. The number of hydrogen-bond donors (Lipinski definition) is 1. The molecule has 0 aliphatic heterocycles. The summed E-state index contributed by atoms with van der Waals surface area (Å²) < 4.78 is 11.6. The summed E-state index contributed by atoms with van der Waals surface area (Å²) in [5, 5.41) is 3.92. The summed E-state index contributed by atoms with van der Waals surface area (Å²) in [6.45, 7) is 6.23. The van der Waals surface area contributed by atoms with Gasteiger partial charge in [-0.15, -0.1) is 11.3 Å². The normalized spacial score (nSPS) is 11.1. The molecule has 7 nitrogen and oxygen atoms in total. The van der Waals surface area contributed by atoms with Gasteiger partial charge in [0.1, 0.15) is 17.2 Å². The first kappa shape index (κ1) is 20.9. The van der Waals surface area contributed by atoms with E-state index in [0.717, 1.165) is 27.0 Å². The summed E-state index contributed by atoms with van der Waals surface area (Å²) in [5.41, 5.74) is 1.35. The molecule has 0 aliphatic carbocycles. The summed E-state index contributed by atoms with van der Waals surface area (Å²) in [6, 6.07) is 9.65. The van der Waals surface area contributed by atoms with Crippen LogP contribution in [0.1, 0.15) is 31.3 Å². The van der Waals surface area contributed by atoms with Gasteiger partial charge in [-0.3, -0.25) is 4.40 Å². The smallest absolute Gasteiger partial charge is 0.437 e. The van der Waals surface area contributed by atoms with Crippen LogP contribution in [-0.4, -0.2) is 33.2 Å². The minimum absolute atomic E-state index is 0.200. The molecule has 158 valence electrons. The number of nitrogens with zero attached hydrogens (tertiary/aromatic N) is 3. The summed E-state index contributed by atoms with van der Waals surface area (Å²) in [7, 11) is 1.27. The monoisotopic (exact) mass is 452 g/mol. The van der Waals surface area contributed by atoms with Crippen molar-refractivity contribution in [2.75, 3.05) is 12.4 Å². The van der Waals surface area contributed by atoms with Crippen molar-refractivity contribution >= 4 is 39.6 Å².